The summed E-state index contributed by atoms with van der Waals surface area (Å²) in [6.07, 6.45) is 2.14. The lowest BCUT2D eigenvalue weighted by Gasteiger charge is -1.99. The Morgan fingerprint density at radius 3 is 3.00 bits per heavy atom. The van der Waals surface area contributed by atoms with Gasteiger partial charge in [-0.05, 0) is 6.04 Å². The number of hydrogen-bond donors (Lipinski definition) is 1. The number of nitrogens with two attached hydrogens (primary N) is 1. The van der Waals surface area contributed by atoms with Gasteiger partial charge < -0.3 is 5.73 Å². The molecule has 0 unspecified atom stereocenters. The number of nitrogens with zero attached hydrogens (tertiary/aromatic N) is 4. The second-order valence-electron chi connectivity index (χ2n) is 2.34. The zero-order chi connectivity index (χ0) is 13.5. The Hall–Kier alpha value is -1.91. The lowest BCUT2D eigenvalue weighted by atomic mass is 10.4. The average molecular weight is 180 g/mol. The fourth-order valence-electron chi connectivity index (χ4n) is 0.842. The smallest absolute Gasteiger partial charge is 0.177 e. The standard InChI is InChI=1S/C8H9N5/c1-13-7(2-3-12-13)8-10-4-6(9)5-11-8/h2-5H,9H2,1H3/i1D3,2D,3D. The molecule has 0 radical (unpaired) electrons. The Kier molecular flexibility index (Phi) is 0.849. The highest BCUT2D eigenvalue weighted by Crippen LogP contribution is 2.12. The van der Waals surface area contributed by atoms with Crippen LogP contribution in [0.4, 0.5) is 5.69 Å². The maximum Gasteiger partial charge on any atom is 0.177 e. The first-order valence-corrected chi connectivity index (χ1v) is 3.45. The summed E-state index contributed by atoms with van der Waals surface area (Å²) < 4.78 is 37.6. The van der Waals surface area contributed by atoms with Gasteiger partial charge in [-0.2, -0.15) is 5.10 Å². The number of hydrogen-bond acceptors (Lipinski definition) is 4. The normalized spacial score (nSPS) is 16.8. The molecule has 0 aliphatic heterocycles. The van der Waals surface area contributed by atoms with E-state index in [0.717, 1.165) is 0 Å². The van der Waals surface area contributed by atoms with E-state index in [4.69, 9.17) is 12.6 Å². The summed E-state index contributed by atoms with van der Waals surface area (Å²) in [7, 11) is 0. The zero-order valence-corrected chi connectivity index (χ0v) is 6.52. The Balaban J connectivity index is 2.66. The summed E-state index contributed by atoms with van der Waals surface area (Å²) >= 11 is 0. The first kappa shape index (κ1) is 3.87. The Morgan fingerprint density at radius 2 is 2.31 bits per heavy atom. The minimum atomic E-state index is -2.60. The molecule has 66 valence electrons. The van der Waals surface area contributed by atoms with E-state index >= 15 is 0 Å². The van der Waals surface area contributed by atoms with E-state index in [1.807, 2.05) is 0 Å². The summed E-state index contributed by atoms with van der Waals surface area (Å²) in [5.41, 5.74) is 5.62. The second kappa shape index (κ2) is 2.85. The molecule has 2 heterocycles. The van der Waals surface area contributed by atoms with E-state index in [-0.39, 0.29) is 17.6 Å². The third-order valence-corrected chi connectivity index (χ3v) is 1.42. The van der Waals surface area contributed by atoms with Gasteiger partial charge in [0, 0.05) is 17.3 Å². The van der Waals surface area contributed by atoms with Crippen LogP contribution >= 0.6 is 0 Å². The molecular formula is C8H9N5. The molecular weight excluding hydrogens is 166 g/mol. The topological polar surface area (TPSA) is 69.6 Å². The number of nitrogen functional groups attached to an aromatic ring is 1. The molecule has 2 N–H and O–H groups in total. The van der Waals surface area contributed by atoms with E-state index in [2.05, 4.69) is 15.1 Å². The quantitative estimate of drug-likeness (QED) is 0.692. The van der Waals surface area contributed by atoms with Crippen LogP contribution in [0.3, 0.4) is 0 Å². The molecule has 0 saturated carbocycles. The number of anilines is 1. The van der Waals surface area contributed by atoms with Crippen LogP contribution in [0, 0.1) is 0 Å². The minimum Gasteiger partial charge on any atom is -0.396 e. The largest absolute Gasteiger partial charge is 0.396 e. The first-order chi connectivity index (χ1) is 8.30. The van der Waals surface area contributed by atoms with Crippen molar-refractivity contribution in [2.24, 2.45) is 6.98 Å². The van der Waals surface area contributed by atoms with Crippen molar-refractivity contribution in [2.75, 3.05) is 5.73 Å². The first-order valence-electron chi connectivity index (χ1n) is 5.95. The molecule has 13 heavy (non-hydrogen) atoms. The van der Waals surface area contributed by atoms with Crippen molar-refractivity contribution in [3.05, 3.63) is 24.6 Å². The van der Waals surface area contributed by atoms with Gasteiger partial charge in [0.15, 0.2) is 5.82 Å². The maximum absolute atomic E-state index is 7.66. The lowest BCUT2D eigenvalue weighted by molar-refractivity contribution is 0.770. The van der Waals surface area contributed by atoms with Gasteiger partial charge in [-0.15, -0.1) is 0 Å². The van der Waals surface area contributed by atoms with E-state index in [0.29, 0.717) is 10.4 Å². The van der Waals surface area contributed by atoms with Crippen molar-refractivity contribution < 1.29 is 6.85 Å². The predicted molar refractivity (Wildman–Crippen MR) is 48.6 cm³/mol. The number of rotatable bonds is 1. The summed E-state index contributed by atoms with van der Waals surface area (Å²) in [5, 5.41) is 3.50. The van der Waals surface area contributed by atoms with Crippen LogP contribution in [0.1, 0.15) is 6.85 Å². The maximum atomic E-state index is 7.66. The van der Waals surface area contributed by atoms with Crippen molar-refractivity contribution in [2.45, 2.75) is 0 Å². The summed E-state index contributed by atoms with van der Waals surface area (Å²) in [6, 6.07) is -0.337. The molecule has 0 bridgehead atoms. The van der Waals surface area contributed by atoms with E-state index < -0.39 is 13.1 Å². The van der Waals surface area contributed by atoms with Crippen LogP contribution in [-0.4, -0.2) is 19.7 Å². The highest BCUT2D eigenvalue weighted by atomic mass is 15.3. The monoisotopic (exact) mass is 180 g/mol. The van der Waals surface area contributed by atoms with Crippen LogP contribution in [0.15, 0.2) is 24.6 Å². The van der Waals surface area contributed by atoms with Crippen LogP contribution in [0.5, 0.6) is 0 Å². The predicted octanol–water partition coefficient (Wildman–Crippen LogP) is 0.459. The Morgan fingerprint density at radius 1 is 1.54 bits per heavy atom. The lowest BCUT2D eigenvalue weighted by Crippen LogP contribution is -1.98. The number of aromatic nitrogens is 4. The molecule has 0 fully saturated rings. The molecule has 2 rings (SSSR count). The van der Waals surface area contributed by atoms with E-state index in [9.17, 15) is 0 Å². The van der Waals surface area contributed by atoms with Gasteiger partial charge in [0.05, 0.1) is 20.8 Å². The fourth-order valence-corrected chi connectivity index (χ4v) is 0.842. The van der Waals surface area contributed by atoms with Crippen LogP contribution < -0.4 is 5.73 Å². The van der Waals surface area contributed by atoms with Crippen molar-refractivity contribution in [1.82, 2.24) is 19.7 Å². The molecule has 2 aromatic heterocycles. The molecule has 0 aliphatic rings. The molecule has 0 spiro atoms. The molecule has 0 aliphatic carbocycles. The third kappa shape index (κ3) is 1.35. The van der Waals surface area contributed by atoms with Gasteiger partial charge in [-0.1, -0.05) is 0 Å². The van der Waals surface area contributed by atoms with Crippen LogP contribution in [0.2, 0.25) is 0 Å². The second-order valence-corrected chi connectivity index (χ2v) is 2.34. The van der Waals surface area contributed by atoms with Gasteiger partial charge >= 0.3 is 0 Å². The van der Waals surface area contributed by atoms with Crippen molar-refractivity contribution in [3.8, 4) is 11.5 Å². The molecule has 2 aromatic rings. The van der Waals surface area contributed by atoms with E-state index in [1.165, 1.54) is 12.4 Å². The van der Waals surface area contributed by atoms with Gasteiger partial charge in [0.25, 0.3) is 0 Å². The minimum absolute atomic E-state index is 0.00340. The van der Waals surface area contributed by atoms with Gasteiger partial charge in [-0.3, -0.25) is 4.68 Å². The molecule has 0 aromatic carbocycles. The van der Waals surface area contributed by atoms with Gasteiger partial charge in [-0.25, -0.2) is 9.97 Å². The van der Waals surface area contributed by atoms with Gasteiger partial charge in [0.2, 0.25) is 0 Å². The van der Waals surface area contributed by atoms with Crippen LogP contribution in [0.25, 0.3) is 11.5 Å². The highest BCUT2D eigenvalue weighted by molar-refractivity contribution is 5.50. The summed E-state index contributed by atoms with van der Waals surface area (Å²) in [5.74, 6) is -0.00340. The van der Waals surface area contributed by atoms with Gasteiger partial charge in [0.1, 0.15) is 5.69 Å². The average Bonchev–Trinajstić information content (AvgIpc) is 2.57. The molecule has 5 heteroatoms. The zero-order valence-electron chi connectivity index (χ0n) is 11.5. The Bertz CT molecular complexity index is 573. The van der Waals surface area contributed by atoms with Crippen LogP contribution in [-0.2, 0) is 6.98 Å². The number of aryl methyl sites for hydroxylation is 1. The van der Waals surface area contributed by atoms with E-state index in [1.54, 1.807) is 0 Å². The third-order valence-electron chi connectivity index (χ3n) is 1.42. The SMILES string of the molecule is [2H]c1nn(C([2H])([2H])[2H])c(-c2ncc(N)cn2)c1[2H]. The van der Waals surface area contributed by atoms with Crippen molar-refractivity contribution in [3.63, 3.8) is 0 Å². The summed E-state index contributed by atoms with van der Waals surface area (Å²) in [6.45, 7) is -2.60. The highest BCUT2D eigenvalue weighted by Gasteiger charge is 2.03. The molecule has 5 nitrogen and oxygen atoms in total. The fraction of sp³-hybridized carbons (Fsp3) is 0.125. The van der Waals surface area contributed by atoms with Crippen molar-refractivity contribution in [1.29, 1.82) is 0 Å². The summed E-state index contributed by atoms with van der Waals surface area (Å²) in [4.78, 5) is 7.69. The Labute approximate surface area is 82.3 Å². The molecule has 0 atom stereocenters. The molecule has 0 saturated heterocycles. The molecule has 0 amide bonds. The van der Waals surface area contributed by atoms with Crippen molar-refractivity contribution >= 4 is 5.69 Å².